The second-order valence-electron chi connectivity index (χ2n) is 4.77. The first-order valence-electron chi connectivity index (χ1n) is 6.38. The first kappa shape index (κ1) is 15.4. The van der Waals surface area contributed by atoms with Crippen molar-refractivity contribution in [2.24, 2.45) is 0 Å². The van der Waals surface area contributed by atoms with Crippen molar-refractivity contribution >= 4 is 24.2 Å². The van der Waals surface area contributed by atoms with E-state index >= 15 is 0 Å². The highest BCUT2D eigenvalue weighted by atomic mass is 35.5. The number of nitrogens with one attached hydrogen (secondary N) is 2. The lowest BCUT2D eigenvalue weighted by molar-refractivity contribution is 0.504. The van der Waals surface area contributed by atoms with Crippen LogP contribution in [0.25, 0.3) is 0 Å². The largest absolute Gasteiger partial charge is 0.306 e. The van der Waals surface area contributed by atoms with Crippen LogP contribution in [-0.4, -0.2) is 16.0 Å². The molecule has 0 fully saturated rings. The molecule has 0 saturated heterocycles. The van der Waals surface area contributed by atoms with Gasteiger partial charge in [0.1, 0.15) is 5.82 Å². The summed E-state index contributed by atoms with van der Waals surface area (Å²) < 4.78 is 13.4. The molecule has 20 heavy (non-hydrogen) atoms. The second kappa shape index (κ2) is 6.61. The van der Waals surface area contributed by atoms with Crippen LogP contribution in [0.2, 0.25) is 0 Å². The standard InChI is InChI=1S/C14H16FN3S.ClH/c1-9-10(8-17-18-9)7-16-13-4-5-19-14-3-2-11(15)6-12(13)14;/h2-3,6,8,13,16H,4-5,7H2,1H3,(H,17,18);1H. The molecule has 1 aromatic carbocycles. The molecule has 0 spiro atoms. The summed E-state index contributed by atoms with van der Waals surface area (Å²) in [7, 11) is 0. The van der Waals surface area contributed by atoms with Gasteiger partial charge in [-0.15, -0.1) is 24.2 Å². The molecule has 1 atom stereocenters. The Hall–Kier alpha value is -1.04. The molecule has 2 heterocycles. The van der Waals surface area contributed by atoms with Crippen molar-refractivity contribution in [3.8, 4) is 0 Å². The van der Waals surface area contributed by atoms with Gasteiger partial charge in [0, 0.05) is 28.7 Å². The number of aromatic nitrogens is 2. The van der Waals surface area contributed by atoms with Gasteiger partial charge in [-0.05, 0) is 42.9 Å². The molecule has 2 aromatic rings. The van der Waals surface area contributed by atoms with E-state index in [-0.39, 0.29) is 24.3 Å². The van der Waals surface area contributed by atoms with Crippen LogP contribution >= 0.6 is 24.2 Å². The maximum absolute atomic E-state index is 13.4. The molecule has 0 saturated carbocycles. The third kappa shape index (κ3) is 3.16. The van der Waals surface area contributed by atoms with E-state index in [4.69, 9.17) is 0 Å². The van der Waals surface area contributed by atoms with Gasteiger partial charge in [0.2, 0.25) is 0 Å². The summed E-state index contributed by atoms with van der Waals surface area (Å²) in [4.78, 5) is 1.19. The number of hydrogen-bond donors (Lipinski definition) is 2. The highest BCUT2D eigenvalue weighted by Crippen LogP contribution is 2.36. The molecule has 3 nitrogen and oxygen atoms in total. The van der Waals surface area contributed by atoms with Gasteiger partial charge in [-0.25, -0.2) is 4.39 Å². The highest BCUT2D eigenvalue weighted by Gasteiger charge is 2.21. The smallest absolute Gasteiger partial charge is 0.123 e. The molecule has 6 heteroatoms. The zero-order valence-corrected chi connectivity index (χ0v) is 12.8. The van der Waals surface area contributed by atoms with E-state index in [2.05, 4.69) is 15.5 Å². The zero-order valence-electron chi connectivity index (χ0n) is 11.1. The fourth-order valence-corrected chi connectivity index (χ4v) is 3.47. The maximum atomic E-state index is 13.4. The number of aryl methyl sites for hydroxylation is 1. The molecular formula is C14H17ClFN3S. The van der Waals surface area contributed by atoms with Gasteiger partial charge in [-0.3, -0.25) is 5.10 Å². The van der Waals surface area contributed by atoms with Gasteiger partial charge in [-0.1, -0.05) is 0 Å². The molecule has 1 aliphatic rings. The Kier molecular flexibility index (Phi) is 5.07. The van der Waals surface area contributed by atoms with E-state index in [0.29, 0.717) is 0 Å². The lowest BCUT2D eigenvalue weighted by Crippen LogP contribution is -2.24. The van der Waals surface area contributed by atoms with E-state index in [0.717, 1.165) is 35.5 Å². The monoisotopic (exact) mass is 313 g/mol. The molecule has 0 aliphatic carbocycles. The van der Waals surface area contributed by atoms with Crippen molar-refractivity contribution in [2.45, 2.75) is 30.8 Å². The molecule has 1 aromatic heterocycles. The van der Waals surface area contributed by atoms with E-state index in [1.54, 1.807) is 17.8 Å². The summed E-state index contributed by atoms with van der Waals surface area (Å²) in [6.07, 6.45) is 2.87. The van der Waals surface area contributed by atoms with E-state index in [1.807, 2.05) is 19.2 Å². The average Bonchev–Trinajstić information content (AvgIpc) is 2.82. The molecule has 0 bridgehead atoms. The summed E-state index contributed by atoms with van der Waals surface area (Å²) in [6.45, 7) is 2.77. The number of benzene rings is 1. The minimum absolute atomic E-state index is 0. The normalized spacial score (nSPS) is 17.4. The minimum Gasteiger partial charge on any atom is -0.306 e. The van der Waals surface area contributed by atoms with E-state index in [1.165, 1.54) is 11.0 Å². The number of rotatable bonds is 3. The summed E-state index contributed by atoms with van der Waals surface area (Å²) in [5.41, 5.74) is 3.32. The lowest BCUT2D eigenvalue weighted by atomic mass is 10.0. The van der Waals surface area contributed by atoms with Crippen molar-refractivity contribution in [3.05, 3.63) is 47.0 Å². The molecule has 0 amide bonds. The predicted octanol–water partition coefficient (Wildman–Crippen LogP) is 3.61. The van der Waals surface area contributed by atoms with Crippen molar-refractivity contribution in [3.63, 3.8) is 0 Å². The van der Waals surface area contributed by atoms with E-state index in [9.17, 15) is 4.39 Å². The fourth-order valence-electron chi connectivity index (χ4n) is 2.36. The lowest BCUT2D eigenvalue weighted by Gasteiger charge is -2.26. The number of fused-ring (bicyclic) bond motifs is 1. The third-order valence-corrected chi connectivity index (χ3v) is 4.61. The molecule has 1 unspecified atom stereocenters. The summed E-state index contributed by atoms with van der Waals surface area (Å²) in [6, 6.07) is 5.29. The van der Waals surface area contributed by atoms with Crippen LogP contribution in [-0.2, 0) is 6.54 Å². The number of halogens is 2. The van der Waals surface area contributed by atoms with Crippen LogP contribution in [0.15, 0.2) is 29.3 Å². The van der Waals surface area contributed by atoms with Crippen LogP contribution in [0.3, 0.4) is 0 Å². The van der Waals surface area contributed by atoms with Crippen LogP contribution < -0.4 is 5.32 Å². The molecule has 3 rings (SSSR count). The number of H-pyrrole nitrogens is 1. The van der Waals surface area contributed by atoms with Gasteiger partial charge in [0.25, 0.3) is 0 Å². The molecule has 0 radical (unpaired) electrons. The zero-order chi connectivity index (χ0) is 13.2. The maximum Gasteiger partial charge on any atom is 0.123 e. The Morgan fingerprint density at radius 1 is 1.50 bits per heavy atom. The number of hydrogen-bond acceptors (Lipinski definition) is 3. The van der Waals surface area contributed by atoms with Gasteiger partial charge in [0.15, 0.2) is 0 Å². The minimum atomic E-state index is -0.160. The summed E-state index contributed by atoms with van der Waals surface area (Å²) >= 11 is 1.80. The van der Waals surface area contributed by atoms with Gasteiger partial charge >= 0.3 is 0 Å². The third-order valence-electron chi connectivity index (χ3n) is 3.48. The Balaban J connectivity index is 0.00000147. The van der Waals surface area contributed by atoms with E-state index < -0.39 is 0 Å². The Morgan fingerprint density at radius 2 is 2.35 bits per heavy atom. The SMILES string of the molecule is Cc1[nH]ncc1CNC1CCSc2ccc(F)cc21.Cl. The van der Waals surface area contributed by atoms with Gasteiger partial charge < -0.3 is 5.32 Å². The topological polar surface area (TPSA) is 40.7 Å². The Bertz CT molecular complexity index is 588. The first-order valence-corrected chi connectivity index (χ1v) is 7.37. The number of thioether (sulfide) groups is 1. The van der Waals surface area contributed by atoms with Crippen molar-refractivity contribution in [1.82, 2.24) is 15.5 Å². The molecular weight excluding hydrogens is 297 g/mol. The average molecular weight is 314 g/mol. The van der Waals surface area contributed by atoms with Crippen molar-refractivity contribution < 1.29 is 4.39 Å². The first-order chi connectivity index (χ1) is 9.24. The van der Waals surface area contributed by atoms with Crippen LogP contribution in [0.1, 0.15) is 29.3 Å². The van der Waals surface area contributed by atoms with Crippen molar-refractivity contribution in [2.75, 3.05) is 5.75 Å². The van der Waals surface area contributed by atoms with Gasteiger partial charge in [0.05, 0.1) is 6.20 Å². The predicted molar refractivity (Wildman–Crippen MR) is 81.9 cm³/mol. The quantitative estimate of drug-likeness (QED) is 0.909. The fraction of sp³-hybridized carbons (Fsp3) is 0.357. The van der Waals surface area contributed by atoms with Crippen LogP contribution in [0, 0.1) is 12.7 Å². The summed E-state index contributed by atoms with van der Waals surface area (Å²) in [5.74, 6) is 0.910. The molecule has 2 N–H and O–H groups in total. The number of aromatic amines is 1. The van der Waals surface area contributed by atoms with Crippen LogP contribution in [0.5, 0.6) is 0 Å². The Morgan fingerprint density at radius 3 is 3.10 bits per heavy atom. The van der Waals surface area contributed by atoms with Crippen molar-refractivity contribution in [1.29, 1.82) is 0 Å². The second-order valence-corrected chi connectivity index (χ2v) is 5.91. The molecule has 108 valence electrons. The van der Waals surface area contributed by atoms with Crippen LogP contribution in [0.4, 0.5) is 4.39 Å². The molecule has 1 aliphatic heterocycles. The Labute approximate surface area is 128 Å². The highest BCUT2D eigenvalue weighted by molar-refractivity contribution is 7.99. The van der Waals surface area contributed by atoms with Gasteiger partial charge in [-0.2, -0.15) is 5.10 Å². The number of nitrogens with zero attached hydrogens (tertiary/aromatic N) is 1. The summed E-state index contributed by atoms with van der Waals surface area (Å²) in [5, 5.41) is 10.5.